The Morgan fingerprint density at radius 2 is 2.21 bits per heavy atom. The van der Waals surface area contributed by atoms with Crippen LogP contribution in [0.5, 0.6) is 5.75 Å². The number of carbonyl (C=O) groups is 1. The summed E-state index contributed by atoms with van der Waals surface area (Å²) in [6.45, 7) is 9.66. The van der Waals surface area contributed by atoms with Gasteiger partial charge >= 0.3 is 0 Å². The molecule has 1 unspecified atom stereocenters. The first kappa shape index (κ1) is 18.3. The third-order valence-corrected chi connectivity index (χ3v) is 4.39. The predicted octanol–water partition coefficient (Wildman–Crippen LogP) is 2.45. The molecular weight excluding hydrogens is 302 g/mol. The van der Waals surface area contributed by atoms with Gasteiger partial charge in [0, 0.05) is 26.2 Å². The molecule has 1 aromatic carbocycles. The fourth-order valence-electron chi connectivity index (χ4n) is 3.05. The topological polar surface area (TPSA) is 56.6 Å². The van der Waals surface area contributed by atoms with Crippen LogP contribution in [0.1, 0.15) is 31.9 Å². The Labute approximate surface area is 144 Å². The number of carbonyl (C=O) groups excluding carboxylic acids is 1. The van der Waals surface area contributed by atoms with Gasteiger partial charge in [0.05, 0.1) is 25.1 Å². The van der Waals surface area contributed by atoms with Gasteiger partial charge in [0.15, 0.2) is 0 Å². The van der Waals surface area contributed by atoms with Gasteiger partial charge in [0.25, 0.3) is 0 Å². The third kappa shape index (κ3) is 4.72. The van der Waals surface area contributed by atoms with Gasteiger partial charge in [0.1, 0.15) is 5.75 Å². The highest BCUT2D eigenvalue weighted by molar-refractivity contribution is 5.78. The fraction of sp³-hybridized carbons (Fsp3) is 0.579. The van der Waals surface area contributed by atoms with Crippen molar-refractivity contribution >= 4 is 5.91 Å². The molecule has 1 aliphatic rings. The van der Waals surface area contributed by atoms with Crippen molar-refractivity contribution in [3.8, 4) is 11.8 Å². The Morgan fingerprint density at radius 3 is 2.88 bits per heavy atom. The summed E-state index contributed by atoms with van der Waals surface area (Å²) in [5.41, 5.74) is 2.58. The van der Waals surface area contributed by atoms with Gasteiger partial charge in [-0.15, -0.1) is 0 Å². The number of hydrogen-bond acceptors (Lipinski definition) is 4. The van der Waals surface area contributed by atoms with Crippen LogP contribution >= 0.6 is 0 Å². The molecule has 1 atom stereocenters. The number of nitriles is 1. The average molecular weight is 329 g/mol. The van der Waals surface area contributed by atoms with E-state index in [-0.39, 0.29) is 11.8 Å². The van der Waals surface area contributed by atoms with Gasteiger partial charge in [-0.2, -0.15) is 5.26 Å². The van der Waals surface area contributed by atoms with Crippen molar-refractivity contribution in [1.29, 1.82) is 5.26 Å². The molecule has 0 radical (unpaired) electrons. The molecule has 0 aliphatic carbocycles. The van der Waals surface area contributed by atoms with E-state index in [9.17, 15) is 4.79 Å². The predicted molar refractivity (Wildman–Crippen MR) is 93.6 cm³/mol. The molecule has 0 N–H and O–H groups in total. The van der Waals surface area contributed by atoms with Gasteiger partial charge in [-0.25, -0.2) is 0 Å². The number of ether oxygens (including phenoxy) is 1. The summed E-state index contributed by atoms with van der Waals surface area (Å²) in [5.74, 6) is 0.858. The molecule has 0 spiro atoms. The molecule has 5 heteroatoms. The number of nitrogens with zero attached hydrogens (tertiary/aromatic N) is 3. The van der Waals surface area contributed by atoms with Crippen LogP contribution in [0.25, 0.3) is 0 Å². The first-order valence-corrected chi connectivity index (χ1v) is 8.71. The Balaban J connectivity index is 1.98. The molecule has 0 bridgehead atoms. The second-order valence-corrected chi connectivity index (χ2v) is 6.29. The number of likely N-dealkylation sites (N-methyl/N-ethyl adjacent to an activating group) is 1. The number of amides is 1. The minimum atomic E-state index is -0.135. The second-order valence-electron chi connectivity index (χ2n) is 6.29. The van der Waals surface area contributed by atoms with Gasteiger partial charge in [-0.1, -0.05) is 6.07 Å². The summed E-state index contributed by atoms with van der Waals surface area (Å²) in [5, 5.41) is 8.95. The Morgan fingerprint density at radius 1 is 1.42 bits per heavy atom. The van der Waals surface area contributed by atoms with E-state index in [2.05, 4.69) is 23.1 Å². The Hall–Kier alpha value is -2.06. The van der Waals surface area contributed by atoms with E-state index in [0.29, 0.717) is 26.2 Å². The lowest BCUT2D eigenvalue weighted by Crippen LogP contribution is -2.43. The van der Waals surface area contributed by atoms with Crippen LogP contribution in [0.4, 0.5) is 0 Å². The molecule has 0 fully saturated rings. The maximum absolute atomic E-state index is 12.5. The molecule has 2 rings (SSSR count). The van der Waals surface area contributed by atoms with Crippen LogP contribution in [0, 0.1) is 17.2 Å². The summed E-state index contributed by atoms with van der Waals surface area (Å²) in [6.07, 6.45) is 0.954. The van der Waals surface area contributed by atoms with Crippen molar-refractivity contribution in [2.75, 3.05) is 32.8 Å². The van der Waals surface area contributed by atoms with Crippen molar-refractivity contribution in [2.24, 2.45) is 5.92 Å². The van der Waals surface area contributed by atoms with Crippen molar-refractivity contribution in [1.82, 2.24) is 9.80 Å². The molecule has 1 aliphatic heterocycles. The van der Waals surface area contributed by atoms with Gasteiger partial charge in [0.2, 0.25) is 5.91 Å². The van der Waals surface area contributed by atoms with Crippen LogP contribution in [-0.4, -0.2) is 48.5 Å². The number of rotatable bonds is 7. The van der Waals surface area contributed by atoms with Crippen LogP contribution in [-0.2, 0) is 17.8 Å². The minimum absolute atomic E-state index is 0.101. The molecule has 1 aromatic rings. The summed E-state index contributed by atoms with van der Waals surface area (Å²) < 4.78 is 5.58. The van der Waals surface area contributed by atoms with Crippen LogP contribution < -0.4 is 4.74 Å². The quantitative estimate of drug-likeness (QED) is 0.771. The highest BCUT2D eigenvalue weighted by Gasteiger charge is 2.22. The van der Waals surface area contributed by atoms with Crippen molar-refractivity contribution in [3.05, 3.63) is 29.3 Å². The summed E-state index contributed by atoms with van der Waals surface area (Å²) in [6, 6.07) is 8.44. The molecule has 24 heavy (non-hydrogen) atoms. The van der Waals surface area contributed by atoms with E-state index in [1.165, 1.54) is 11.1 Å². The van der Waals surface area contributed by atoms with Crippen molar-refractivity contribution < 1.29 is 9.53 Å². The molecular formula is C19H27N3O2. The van der Waals surface area contributed by atoms with E-state index in [4.69, 9.17) is 10.00 Å². The monoisotopic (exact) mass is 329 g/mol. The first-order valence-electron chi connectivity index (χ1n) is 8.71. The summed E-state index contributed by atoms with van der Waals surface area (Å²) in [4.78, 5) is 16.5. The van der Waals surface area contributed by atoms with E-state index in [1.54, 1.807) is 4.90 Å². The largest absolute Gasteiger partial charge is 0.494 e. The lowest BCUT2D eigenvalue weighted by atomic mass is 9.99. The summed E-state index contributed by atoms with van der Waals surface area (Å²) >= 11 is 0. The maximum atomic E-state index is 12.5. The van der Waals surface area contributed by atoms with Crippen molar-refractivity contribution in [3.63, 3.8) is 0 Å². The standard InChI is InChI=1S/C19H27N3O2/c1-4-22(12-15(3)11-20)19(23)14-21-9-8-16-6-7-18(24-5-2)10-17(16)13-21/h6-7,10,15H,4-5,8-9,12-14H2,1-3H3. The first-order chi connectivity index (χ1) is 11.6. The maximum Gasteiger partial charge on any atom is 0.236 e. The molecule has 130 valence electrons. The molecule has 5 nitrogen and oxygen atoms in total. The SMILES string of the molecule is CCOc1ccc2c(c1)CN(CC(=O)N(CC)CC(C)C#N)CC2. The molecule has 1 heterocycles. The zero-order valence-electron chi connectivity index (χ0n) is 14.9. The van der Waals surface area contributed by atoms with Crippen molar-refractivity contribution in [2.45, 2.75) is 33.7 Å². The normalized spacial score (nSPS) is 15.2. The average Bonchev–Trinajstić information content (AvgIpc) is 2.59. The zero-order chi connectivity index (χ0) is 17.5. The molecule has 0 aromatic heterocycles. The van der Waals surface area contributed by atoms with E-state index >= 15 is 0 Å². The highest BCUT2D eigenvalue weighted by atomic mass is 16.5. The fourth-order valence-corrected chi connectivity index (χ4v) is 3.05. The Kier molecular flexibility index (Phi) is 6.62. The van der Waals surface area contributed by atoms with Gasteiger partial charge < -0.3 is 9.64 Å². The van der Waals surface area contributed by atoms with Gasteiger partial charge in [-0.3, -0.25) is 9.69 Å². The molecule has 0 saturated carbocycles. The lowest BCUT2D eigenvalue weighted by molar-refractivity contribution is -0.132. The minimum Gasteiger partial charge on any atom is -0.494 e. The number of hydrogen-bond donors (Lipinski definition) is 0. The van der Waals surface area contributed by atoms with Crippen LogP contribution in [0.15, 0.2) is 18.2 Å². The molecule has 1 amide bonds. The third-order valence-electron chi connectivity index (χ3n) is 4.39. The number of fused-ring (bicyclic) bond motifs is 1. The second kappa shape index (κ2) is 8.70. The summed E-state index contributed by atoms with van der Waals surface area (Å²) in [7, 11) is 0. The van der Waals surface area contributed by atoms with Crippen LogP contribution in [0.3, 0.4) is 0 Å². The molecule has 0 saturated heterocycles. The van der Waals surface area contributed by atoms with Gasteiger partial charge in [-0.05, 0) is 50.5 Å². The van der Waals surface area contributed by atoms with E-state index < -0.39 is 0 Å². The Bertz CT molecular complexity index is 609. The highest BCUT2D eigenvalue weighted by Crippen LogP contribution is 2.24. The van der Waals surface area contributed by atoms with Crippen LogP contribution in [0.2, 0.25) is 0 Å². The van der Waals surface area contributed by atoms with E-state index in [1.807, 2.05) is 26.8 Å². The lowest BCUT2D eigenvalue weighted by Gasteiger charge is -2.31. The van der Waals surface area contributed by atoms with E-state index in [0.717, 1.165) is 25.3 Å². The zero-order valence-corrected chi connectivity index (χ0v) is 14.9. The smallest absolute Gasteiger partial charge is 0.236 e. The number of benzene rings is 1.